The summed E-state index contributed by atoms with van der Waals surface area (Å²) < 4.78 is 26.1. The summed E-state index contributed by atoms with van der Waals surface area (Å²) in [5, 5.41) is 3.14. The number of halogens is 2. The van der Waals surface area contributed by atoms with Crippen molar-refractivity contribution in [3.63, 3.8) is 0 Å². The molecule has 1 unspecified atom stereocenters. The second-order valence-corrected chi connectivity index (χ2v) is 4.87. The van der Waals surface area contributed by atoms with Crippen LogP contribution in [0.3, 0.4) is 0 Å². The summed E-state index contributed by atoms with van der Waals surface area (Å²) in [6, 6.07) is 12.4. The van der Waals surface area contributed by atoms with Crippen molar-refractivity contribution in [1.29, 1.82) is 0 Å². The van der Waals surface area contributed by atoms with Gasteiger partial charge in [0.05, 0.1) is 0 Å². The number of anilines is 2. The number of alkyl halides is 2. The number of aryl methyl sites for hydroxylation is 1. The van der Waals surface area contributed by atoms with E-state index in [0.717, 1.165) is 11.1 Å². The maximum atomic E-state index is 13.0. The molecule has 0 heterocycles. The lowest BCUT2D eigenvalue weighted by Gasteiger charge is -2.20. The summed E-state index contributed by atoms with van der Waals surface area (Å²) in [6.07, 6.45) is -2.55. The van der Waals surface area contributed by atoms with E-state index in [4.69, 9.17) is 5.73 Å². The van der Waals surface area contributed by atoms with Crippen LogP contribution in [0.15, 0.2) is 42.5 Å². The smallest absolute Gasteiger partial charge is 0.265 e. The molecule has 0 saturated carbocycles. The molecule has 0 aromatic heterocycles. The highest BCUT2D eigenvalue weighted by Gasteiger charge is 2.16. The van der Waals surface area contributed by atoms with Gasteiger partial charge in [-0.15, -0.1) is 0 Å². The van der Waals surface area contributed by atoms with Crippen LogP contribution in [0.5, 0.6) is 0 Å². The number of hydrogen-bond donors (Lipinski definition) is 2. The molecule has 3 N–H and O–H groups in total. The predicted molar refractivity (Wildman–Crippen MR) is 79.0 cm³/mol. The third kappa shape index (κ3) is 3.07. The molecule has 4 heteroatoms. The quantitative estimate of drug-likeness (QED) is 0.795. The molecular formula is C16H18F2N2. The van der Waals surface area contributed by atoms with Crippen LogP contribution >= 0.6 is 0 Å². The Bertz CT molecular complexity index is 597. The zero-order valence-electron chi connectivity index (χ0n) is 11.5. The molecular weight excluding hydrogens is 258 g/mol. The van der Waals surface area contributed by atoms with Crippen molar-refractivity contribution in [2.24, 2.45) is 0 Å². The average Bonchev–Trinajstić information content (AvgIpc) is 2.41. The molecule has 0 spiro atoms. The van der Waals surface area contributed by atoms with Gasteiger partial charge in [-0.1, -0.05) is 24.3 Å². The number of nitrogens with one attached hydrogen (secondary N) is 1. The predicted octanol–water partition coefficient (Wildman–Crippen LogP) is 4.69. The standard InChI is InChI=1S/C16H18F2N2/c1-10-5-3-4-6-13(10)11(2)20-15-8-7-12(19)9-14(15)16(17)18/h3-9,11,16,20H,19H2,1-2H3. The minimum Gasteiger partial charge on any atom is -0.399 e. The highest BCUT2D eigenvalue weighted by atomic mass is 19.3. The molecule has 2 aromatic carbocycles. The Kier molecular flexibility index (Phi) is 4.23. The van der Waals surface area contributed by atoms with Gasteiger partial charge in [0.1, 0.15) is 0 Å². The Hall–Kier alpha value is -2.10. The molecule has 1 atom stereocenters. The topological polar surface area (TPSA) is 38.0 Å². The second-order valence-electron chi connectivity index (χ2n) is 4.87. The molecule has 2 nitrogen and oxygen atoms in total. The van der Waals surface area contributed by atoms with Crippen molar-refractivity contribution in [1.82, 2.24) is 0 Å². The second kappa shape index (κ2) is 5.90. The van der Waals surface area contributed by atoms with Crippen molar-refractivity contribution in [2.75, 3.05) is 11.1 Å². The minimum atomic E-state index is -2.55. The normalized spacial score (nSPS) is 12.4. The van der Waals surface area contributed by atoms with Crippen molar-refractivity contribution in [2.45, 2.75) is 26.3 Å². The van der Waals surface area contributed by atoms with Crippen LogP contribution in [-0.2, 0) is 0 Å². The minimum absolute atomic E-state index is 0.0580. The van der Waals surface area contributed by atoms with E-state index in [1.54, 1.807) is 12.1 Å². The summed E-state index contributed by atoms with van der Waals surface area (Å²) >= 11 is 0. The molecule has 0 amide bonds. The zero-order valence-corrected chi connectivity index (χ0v) is 11.5. The number of rotatable bonds is 4. The molecule has 0 fully saturated rings. The van der Waals surface area contributed by atoms with Crippen molar-refractivity contribution >= 4 is 11.4 Å². The van der Waals surface area contributed by atoms with E-state index in [1.807, 2.05) is 38.1 Å². The fraction of sp³-hybridized carbons (Fsp3) is 0.250. The summed E-state index contributed by atoms with van der Waals surface area (Å²) in [5.41, 5.74) is 8.48. The molecule has 0 aliphatic rings. The number of benzene rings is 2. The summed E-state index contributed by atoms with van der Waals surface area (Å²) in [6.45, 7) is 3.96. The largest absolute Gasteiger partial charge is 0.399 e. The molecule has 0 radical (unpaired) electrons. The van der Waals surface area contributed by atoms with Gasteiger partial charge >= 0.3 is 0 Å². The van der Waals surface area contributed by atoms with Gasteiger partial charge in [-0.05, 0) is 43.2 Å². The molecule has 2 aromatic rings. The van der Waals surface area contributed by atoms with Gasteiger partial charge in [0.15, 0.2) is 0 Å². The van der Waals surface area contributed by atoms with Gasteiger partial charge in [-0.2, -0.15) is 0 Å². The third-order valence-corrected chi connectivity index (χ3v) is 3.34. The van der Waals surface area contributed by atoms with Gasteiger partial charge in [-0.25, -0.2) is 8.78 Å². The first-order chi connectivity index (χ1) is 9.49. The van der Waals surface area contributed by atoms with E-state index >= 15 is 0 Å². The van der Waals surface area contributed by atoms with Crippen LogP contribution in [0.25, 0.3) is 0 Å². The number of nitrogens with two attached hydrogens (primary N) is 1. The molecule has 106 valence electrons. The number of nitrogen functional groups attached to an aromatic ring is 1. The molecule has 0 saturated heterocycles. The SMILES string of the molecule is Cc1ccccc1C(C)Nc1ccc(N)cc1C(F)F. The van der Waals surface area contributed by atoms with Crippen molar-refractivity contribution in [3.05, 3.63) is 59.2 Å². The summed E-state index contributed by atoms with van der Waals surface area (Å²) in [7, 11) is 0. The molecule has 0 aliphatic carbocycles. The fourth-order valence-corrected chi connectivity index (χ4v) is 2.28. The van der Waals surface area contributed by atoms with Crippen LogP contribution in [0.2, 0.25) is 0 Å². The first kappa shape index (κ1) is 14.3. The monoisotopic (exact) mass is 276 g/mol. The van der Waals surface area contributed by atoms with Crippen LogP contribution in [-0.4, -0.2) is 0 Å². The Morgan fingerprint density at radius 2 is 1.75 bits per heavy atom. The molecule has 0 bridgehead atoms. The van der Waals surface area contributed by atoms with Crippen LogP contribution in [0.1, 0.15) is 36.1 Å². The van der Waals surface area contributed by atoms with E-state index in [9.17, 15) is 8.78 Å². The maximum Gasteiger partial charge on any atom is 0.265 e. The molecule has 2 rings (SSSR count). The first-order valence-corrected chi connectivity index (χ1v) is 6.48. The van der Waals surface area contributed by atoms with Crippen LogP contribution in [0, 0.1) is 6.92 Å². The highest BCUT2D eigenvalue weighted by molar-refractivity contribution is 5.59. The summed E-state index contributed by atoms with van der Waals surface area (Å²) in [4.78, 5) is 0. The van der Waals surface area contributed by atoms with E-state index in [0.29, 0.717) is 11.4 Å². The van der Waals surface area contributed by atoms with Crippen molar-refractivity contribution < 1.29 is 8.78 Å². The Balaban J connectivity index is 2.28. The molecule has 20 heavy (non-hydrogen) atoms. The summed E-state index contributed by atoms with van der Waals surface area (Å²) in [5.74, 6) is 0. The lowest BCUT2D eigenvalue weighted by Crippen LogP contribution is -2.10. The lowest BCUT2D eigenvalue weighted by atomic mass is 10.0. The lowest BCUT2D eigenvalue weighted by molar-refractivity contribution is 0.152. The van der Waals surface area contributed by atoms with Gasteiger partial charge in [-0.3, -0.25) is 0 Å². The zero-order chi connectivity index (χ0) is 14.7. The van der Waals surface area contributed by atoms with Crippen LogP contribution in [0.4, 0.5) is 20.2 Å². The molecule has 0 aliphatic heterocycles. The van der Waals surface area contributed by atoms with E-state index in [1.165, 1.54) is 6.07 Å². The third-order valence-electron chi connectivity index (χ3n) is 3.34. The average molecular weight is 276 g/mol. The first-order valence-electron chi connectivity index (χ1n) is 6.48. The van der Waals surface area contributed by atoms with Gasteiger partial charge in [0.25, 0.3) is 6.43 Å². The van der Waals surface area contributed by atoms with Crippen LogP contribution < -0.4 is 11.1 Å². The highest BCUT2D eigenvalue weighted by Crippen LogP contribution is 2.31. The number of hydrogen-bond acceptors (Lipinski definition) is 2. The van der Waals surface area contributed by atoms with Gasteiger partial charge in [0, 0.05) is 23.0 Å². The Morgan fingerprint density at radius 3 is 2.40 bits per heavy atom. The Labute approximate surface area is 117 Å². The fourth-order valence-electron chi connectivity index (χ4n) is 2.28. The van der Waals surface area contributed by atoms with E-state index in [-0.39, 0.29) is 11.6 Å². The maximum absolute atomic E-state index is 13.0. The Morgan fingerprint density at radius 1 is 1.05 bits per heavy atom. The van der Waals surface area contributed by atoms with Gasteiger partial charge in [0.2, 0.25) is 0 Å². The van der Waals surface area contributed by atoms with E-state index in [2.05, 4.69) is 5.32 Å². The van der Waals surface area contributed by atoms with E-state index < -0.39 is 6.43 Å². The van der Waals surface area contributed by atoms with Crippen molar-refractivity contribution in [3.8, 4) is 0 Å². The van der Waals surface area contributed by atoms with Gasteiger partial charge < -0.3 is 11.1 Å².